The van der Waals surface area contributed by atoms with Crippen molar-refractivity contribution < 1.29 is 0 Å². The Morgan fingerprint density at radius 1 is 0.271 bits per heavy atom. The number of benzene rings is 15. The Bertz CT molecular complexity index is 6370. The van der Waals surface area contributed by atoms with Gasteiger partial charge < -0.3 is 23.6 Å². The molecule has 0 amide bonds. The van der Waals surface area contributed by atoms with Gasteiger partial charge in [-0.2, -0.15) is 0 Å². The molecule has 8 heteroatoms. The minimum Gasteiger partial charge on any atom is -0.356 e. The second kappa shape index (κ2) is 20.3. The molecule has 6 heterocycles. The molecule has 2 aliphatic rings. The van der Waals surface area contributed by atoms with Crippen molar-refractivity contribution in [3.05, 3.63) is 332 Å². The second-order valence-electron chi connectivity index (χ2n) is 25.5. The predicted octanol–water partition coefficient (Wildman–Crippen LogP) is 21.3. The minimum absolute atomic E-state index is 0.404. The van der Waals surface area contributed by atoms with Crippen molar-refractivity contribution in [2.45, 2.75) is 6.04 Å². The van der Waals surface area contributed by atoms with Gasteiger partial charge in [-0.25, -0.2) is 15.0 Å². The van der Waals surface area contributed by atoms with Crippen LogP contribution < -0.4 is 5.32 Å². The summed E-state index contributed by atoms with van der Waals surface area (Å²) in [5, 5.41) is 22.8. The van der Waals surface area contributed by atoms with E-state index in [0.29, 0.717) is 11.7 Å². The normalized spacial score (nSPS) is 14.3. The first-order chi connectivity index (χ1) is 47.6. The number of hydrogen-bond acceptors (Lipinski definition) is 4. The lowest BCUT2D eigenvalue weighted by molar-refractivity contribution is 0.845. The van der Waals surface area contributed by atoms with Gasteiger partial charge in [-0.05, 0) is 76.1 Å². The quantitative estimate of drug-likeness (QED) is 0.170. The zero-order chi connectivity index (χ0) is 62.7. The zero-order valence-corrected chi connectivity index (χ0v) is 51.7. The molecule has 21 rings (SSSR count). The van der Waals surface area contributed by atoms with Gasteiger partial charge in [0.15, 0.2) is 5.84 Å². The fourth-order valence-electron chi connectivity index (χ4n) is 16.2. The van der Waals surface area contributed by atoms with Gasteiger partial charge in [-0.1, -0.05) is 255 Å². The van der Waals surface area contributed by atoms with Gasteiger partial charge in [0.1, 0.15) is 11.9 Å². The standard InChI is InChI=1S/C88H54N8/c1-5-25-57(26-6-1)79-80-74(52-89-87(92-80)58-27-7-2-8-28-58)90-88(91-79)59-49-62(95-81-64-33-17-13-21-53(64)37-41-68(81)70-45-47-75-77(85(70)95)72-43-39-55-23-15-19-35-66(55)83(72)93(75)60-29-9-3-10-30-60)51-63(50-59)96-82-65-34-18-14-22-54(65)38-42-69(82)71-46-48-76-78(86(71)96)73-44-40-56-24-16-20-36-67(56)84(73)94(76)61-31-11-4-12-32-61/h1-52,74H,(H,90,91). The molecule has 96 heavy (non-hydrogen) atoms. The number of nitrogens with one attached hydrogen (secondary N) is 1. The topological polar surface area (TPSA) is 68.8 Å². The van der Waals surface area contributed by atoms with Gasteiger partial charge in [0.25, 0.3) is 0 Å². The van der Waals surface area contributed by atoms with E-state index >= 15 is 0 Å². The number of fused-ring (bicyclic) bond motifs is 23. The van der Waals surface area contributed by atoms with Crippen LogP contribution in [0, 0.1) is 0 Å². The van der Waals surface area contributed by atoms with E-state index in [1.807, 2.05) is 24.4 Å². The molecular weight excluding hydrogens is 1170 g/mol. The van der Waals surface area contributed by atoms with Crippen LogP contribution in [0.3, 0.4) is 0 Å². The number of aromatic nitrogens is 4. The van der Waals surface area contributed by atoms with Crippen LogP contribution in [0.25, 0.3) is 159 Å². The van der Waals surface area contributed by atoms with E-state index in [1.165, 1.54) is 75.7 Å². The summed E-state index contributed by atoms with van der Waals surface area (Å²) in [5.41, 5.74) is 17.7. The number of hydrogen-bond donors (Lipinski definition) is 1. The molecule has 1 unspecified atom stereocenters. The fraction of sp³-hybridized carbons (Fsp3) is 0.0114. The SMILES string of the molecule is C1=NC(c2ccccc2)=NC2=C(c3ccccc3)N=C(c3cc(-n4c5c6ccccc6ccc5c5ccc6c(c7ccc8ccccc8c7n6-c6ccccc6)c54)cc(-n4c5c6ccccc6ccc5c5ccc6c(c7ccc8ccccc8c7n6-c6ccccc6)c54)c3)NC12. The fourth-order valence-corrected chi connectivity index (χ4v) is 16.2. The highest BCUT2D eigenvalue weighted by atomic mass is 15.1. The third kappa shape index (κ3) is 7.57. The van der Waals surface area contributed by atoms with E-state index in [1.54, 1.807) is 0 Å². The minimum atomic E-state index is -0.404. The van der Waals surface area contributed by atoms with Crippen molar-refractivity contribution in [1.82, 2.24) is 23.6 Å². The van der Waals surface area contributed by atoms with Crippen molar-refractivity contribution >= 4 is 154 Å². The molecule has 0 saturated heterocycles. The average molecular weight is 1220 g/mol. The molecule has 4 aromatic heterocycles. The van der Waals surface area contributed by atoms with E-state index in [-0.39, 0.29) is 0 Å². The van der Waals surface area contributed by atoms with Crippen LogP contribution in [0.15, 0.2) is 330 Å². The van der Waals surface area contributed by atoms with Gasteiger partial charge in [0.2, 0.25) is 0 Å². The Morgan fingerprint density at radius 2 is 0.646 bits per heavy atom. The van der Waals surface area contributed by atoms with E-state index in [9.17, 15) is 0 Å². The maximum absolute atomic E-state index is 5.83. The number of aliphatic imine (C=N–C) groups is 3. The van der Waals surface area contributed by atoms with E-state index in [4.69, 9.17) is 15.0 Å². The molecule has 1 N–H and O–H groups in total. The molecular formula is C88H54N8. The van der Waals surface area contributed by atoms with E-state index in [0.717, 1.165) is 105 Å². The molecule has 0 fully saturated rings. The molecule has 0 spiro atoms. The van der Waals surface area contributed by atoms with Crippen molar-refractivity contribution in [3.8, 4) is 22.7 Å². The molecule has 0 saturated carbocycles. The van der Waals surface area contributed by atoms with Crippen LogP contribution in [0.5, 0.6) is 0 Å². The lowest BCUT2D eigenvalue weighted by Gasteiger charge is -2.28. The first-order valence-electron chi connectivity index (χ1n) is 32.9. The van der Waals surface area contributed by atoms with Gasteiger partial charge in [-0.15, -0.1) is 0 Å². The highest BCUT2D eigenvalue weighted by Gasteiger charge is 2.32. The van der Waals surface area contributed by atoms with Crippen molar-refractivity contribution in [2.75, 3.05) is 0 Å². The highest BCUT2D eigenvalue weighted by Crippen LogP contribution is 2.49. The molecule has 1 atom stereocenters. The molecule has 15 aromatic carbocycles. The highest BCUT2D eigenvalue weighted by molar-refractivity contribution is 6.33. The summed E-state index contributed by atoms with van der Waals surface area (Å²) < 4.78 is 10.2. The predicted molar refractivity (Wildman–Crippen MR) is 402 cm³/mol. The van der Waals surface area contributed by atoms with Gasteiger partial charge >= 0.3 is 0 Å². The van der Waals surface area contributed by atoms with Crippen LogP contribution in [-0.4, -0.2) is 42.2 Å². The van der Waals surface area contributed by atoms with Crippen LogP contribution in [0.1, 0.15) is 16.7 Å². The van der Waals surface area contributed by atoms with Crippen LogP contribution in [0.2, 0.25) is 0 Å². The smallest absolute Gasteiger partial charge is 0.159 e. The number of nitrogens with zero attached hydrogens (tertiary/aromatic N) is 7. The first-order valence-corrected chi connectivity index (χ1v) is 32.9. The summed E-state index contributed by atoms with van der Waals surface area (Å²) in [6.07, 6.45) is 2.01. The molecule has 8 nitrogen and oxygen atoms in total. The molecule has 2 aliphatic heterocycles. The van der Waals surface area contributed by atoms with Crippen LogP contribution in [-0.2, 0) is 0 Å². The first kappa shape index (κ1) is 52.7. The van der Waals surface area contributed by atoms with Gasteiger partial charge in [0, 0.05) is 110 Å². The van der Waals surface area contributed by atoms with Crippen LogP contribution in [0.4, 0.5) is 0 Å². The van der Waals surface area contributed by atoms with Crippen molar-refractivity contribution in [2.24, 2.45) is 15.0 Å². The van der Waals surface area contributed by atoms with E-state index < -0.39 is 6.04 Å². The Balaban J connectivity index is 0.958. The van der Waals surface area contributed by atoms with Gasteiger partial charge in [0.05, 0.1) is 55.5 Å². The summed E-state index contributed by atoms with van der Waals surface area (Å²) in [5.74, 6) is 1.36. The monoisotopic (exact) mass is 1220 g/mol. The third-order valence-electron chi connectivity index (χ3n) is 20.3. The van der Waals surface area contributed by atoms with Crippen LogP contribution >= 0.6 is 0 Å². The summed E-state index contributed by atoms with van der Waals surface area (Å²) >= 11 is 0. The average Bonchev–Trinajstić information content (AvgIpc) is 1.55. The molecule has 0 bridgehead atoms. The summed E-state index contributed by atoms with van der Waals surface area (Å²) in [4.78, 5) is 16.3. The number of amidine groups is 2. The second-order valence-corrected chi connectivity index (χ2v) is 25.5. The largest absolute Gasteiger partial charge is 0.356 e. The summed E-state index contributed by atoms with van der Waals surface area (Å²) in [6, 6.07) is 113. The molecule has 19 aromatic rings. The Labute approximate surface area is 549 Å². The molecule has 0 radical (unpaired) electrons. The van der Waals surface area contributed by atoms with Crippen molar-refractivity contribution in [1.29, 1.82) is 0 Å². The Kier molecular flexibility index (Phi) is 11.1. The van der Waals surface area contributed by atoms with Gasteiger partial charge in [-0.3, -0.25) is 0 Å². The van der Waals surface area contributed by atoms with Crippen molar-refractivity contribution in [3.63, 3.8) is 0 Å². The maximum Gasteiger partial charge on any atom is 0.159 e. The third-order valence-corrected chi connectivity index (χ3v) is 20.3. The van der Waals surface area contributed by atoms with E-state index in [2.05, 4.69) is 315 Å². The Morgan fingerprint density at radius 3 is 1.10 bits per heavy atom. The molecule has 0 aliphatic carbocycles. The maximum atomic E-state index is 5.83. The number of para-hydroxylation sites is 2. The Hall–Kier alpha value is -12.9. The zero-order valence-electron chi connectivity index (χ0n) is 51.7. The summed E-state index contributed by atoms with van der Waals surface area (Å²) in [6.45, 7) is 0. The molecule has 446 valence electrons. The summed E-state index contributed by atoms with van der Waals surface area (Å²) in [7, 11) is 0. The lowest BCUT2D eigenvalue weighted by atomic mass is 10.0. The number of rotatable bonds is 7. The lowest BCUT2D eigenvalue weighted by Crippen LogP contribution is -2.42.